The van der Waals surface area contributed by atoms with E-state index in [1.54, 1.807) is 4.68 Å². The molecule has 0 fully saturated rings. The Hall–Kier alpha value is -3.63. The number of aliphatic hydroxyl groups excluding tert-OH is 1. The van der Waals surface area contributed by atoms with Crippen molar-refractivity contribution in [2.75, 3.05) is 32.1 Å². The van der Waals surface area contributed by atoms with Crippen molar-refractivity contribution in [3.05, 3.63) is 41.3 Å². The topological polar surface area (TPSA) is 109 Å². The summed E-state index contributed by atoms with van der Waals surface area (Å²) in [4.78, 5) is 2.22. The Morgan fingerprint density at radius 3 is 2.91 bits per heavy atom. The van der Waals surface area contributed by atoms with Crippen LogP contribution < -0.4 is 10.1 Å². The van der Waals surface area contributed by atoms with Gasteiger partial charge < -0.3 is 15.2 Å². The Labute approximate surface area is 204 Å². The van der Waals surface area contributed by atoms with E-state index in [4.69, 9.17) is 9.84 Å². The number of anilines is 1. The highest BCUT2D eigenvalue weighted by molar-refractivity contribution is 5.93. The first-order valence-corrected chi connectivity index (χ1v) is 12.0. The molecule has 0 radical (unpaired) electrons. The van der Waals surface area contributed by atoms with E-state index in [1.165, 1.54) is 0 Å². The van der Waals surface area contributed by atoms with Gasteiger partial charge in [0.05, 0.1) is 41.8 Å². The van der Waals surface area contributed by atoms with Gasteiger partial charge in [-0.25, -0.2) is 4.68 Å². The number of H-pyrrole nitrogens is 1. The molecule has 184 valence electrons. The van der Waals surface area contributed by atoms with Crippen molar-refractivity contribution in [3.63, 3.8) is 0 Å². The molecule has 0 spiro atoms. The second-order valence-electron chi connectivity index (χ2n) is 9.00. The van der Waals surface area contributed by atoms with Crippen molar-refractivity contribution in [2.24, 2.45) is 7.05 Å². The number of benzene rings is 1. The molecule has 4 aromatic rings. The van der Waals surface area contributed by atoms with E-state index in [1.807, 2.05) is 30.1 Å². The number of ether oxygens (including phenoxy) is 1. The van der Waals surface area contributed by atoms with E-state index in [0.717, 1.165) is 57.2 Å². The van der Waals surface area contributed by atoms with Crippen LogP contribution in [-0.2, 0) is 20.1 Å². The van der Waals surface area contributed by atoms with E-state index >= 15 is 0 Å². The average molecular weight is 477 g/mol. The molecule has 3 N–H and O–H groups in total. The highest BCUT2D eigenvalue weighted by atomic mass is 16.5. The maximum absolute atomic E-state index is 9.67. The Bertz CT molecular complexity index is 1370. The molecule has 1 aromatic carbocycles. The van der Waals surface area contributed by atoms with Crippen LogP contribution in [0.3, 0.4) is 0 Å². The molecule has 10 nitrogen and oxygen atoms in total. The number of rotatable bonds is 4. The molecular weight excluding hydrogens is 444 g/mol. The Balaban J connectivity index is 1.69. The molecule has 35 heavy (non-hydrogen) atoms. The number of aromatic amines is 1. The zero-order valence-corrected chi connectivity index (χ0v) is 20.6. The van der Waals surface area contributed by atoms with Crippen molar-refractivity contribution in [1.29, 1.82) is 0 Å². The third-order valence-electron chi connectivity index (χ3n) is 6.25. The number of fused-ring (bicyclic) bond motifs is 4. The first kappa shape index (κ1) is 23.1. The van der Waals surface area contributed by atoms with Gasteiger partial charge in [-0.15, -0.1) is 0 Å². The number of aromatic nitrogens is 6. The zero-order valence-electron chi connectivity index (χ0n) is 20.6. The first-order chi connectivity index (χ1) is 17.0. The lowest BCUT2D eigenvalue weighted by atomic mass is 10.0. The molecule has 0 amide bonds. The predicted octanol–water partition coefficient (Wildman–Crippen LogP) is 2.97. The fourth-order valence-electron chi connectivity index (χ4n) is 4.67. The van der Waals surface area contributed by atoms with Gasteiger partial charge in [-0.3, -0.25) is 14.7 Å². The van der Waals surface area contributed by atoms with Crippen molar-refractivity contribution in [2.45, 2.75) is 33.0 Å². The summed E-state index contributed by atoms with van der Waals surface area (Å²) in [5, 5.41) is 31.0. The van der Waals surface area contributed by atoms with Crippen LogP contribution in [0.1, 0.15) is 30.8 Å². The van der Waals surface area contributed by atoms with E-state index in [-0.39, 0.29) is 12.7 Å². The molecule has 0 unspecified atom stereocenters. The lowest BCUT2D eigenvalue weighted by Crippen LogP contribution is -2.32. The molecule has 5 rings (SSSR count). The first-order valence-electron chi connectivity index (χ1n) is 12.0. The van der Waals surface area contributed by atoms with Crippen molar-refractivity contribution < 1.29 is 9.84 Å². The summed E-state index contributed by atoms with van der Waals surface area (Å²) in [6.45, 7) is 6.67. The molecule has 4 heterocycles. The van der Waals surface area contributed by atoms with Crippen LogP contribution in [0.4, 0.5) is 5.82 Å². The fourth-order valence-corrected chi connectivity index (χ4v) is 4.67. The van der Waals surface area contributed by atoms with Crippen LogP contribution >= 0.6 is 0 Å². The Morgan fingerprint density at radius 1 is 1.26 bits per heavy atom. The summed E-state index contributed by atoms with van der Waals surface area (Å²) in [6.07, 6.45) is 5.90. The highest BCUT2D eigenvalue weighted by Crippen LogP contribution is 2.33. The molecule has 1 aliphatic heterocycles. The van der Waals surface area contributed by atoms with Gasteiger partial charge in [-0.2, -0.15) is 15.3 Å². The van der Waals surface area contributed by atoms with Gasteiger partial charge in [0, 0.05) is 37.6 Å². The van der Waals surface area contributed by atoms with Crippen molar-refractivity contribution >= 4 is 28.9 Å². The highest BCUT2D eigenvalue weighted by Gasteiger charge is 2.21. The summed E-state index contributed by atoms with van der Waals surface area (Å²) in [5.41, 5.74) is 5.81. The van der Waals surface area contributed by atoms with E-state index in [0.29, 0.717) is 19.6 Å². The standard InChI is InChI=1S/C25H32N8O2/c1-5-26-24-18-7-9-22-19-12-17(6-8-21(19)28-29-22)20-13-27-32(4)25(20)35-16(2)14-31(3)15-23(18)33(30-24)10-11-34/h6-9,12-13,16,34H,5,10-11,14-15H2,1-4H3,(H,26,30)(H,28,29)/b9-7+/t16-/m0/s1. The SMILES string of the molecule is CCNc1nn(CCO)c2c1/C=C/c1[nH]nc3ccc(cc13)-c1cnn(C)c1O[C@@H](C)CN(C)C2. The van der Waals surface area contributed by atoms with Gasteiger partial charge in [0.15, 0.2) is 5.82 Å². The molecule has 10 heteroatoms. The quantitative estimate of drug-likeness (QED) is 0.415. The average Bonchev–Trinajstić information content (AvgIpc) is 3.49. The van der Waals surface area contributed by atoms with E-state index < -0.39 is 0 Å². The number of likely N-dealkylation sites (N-methyl/N-ethyl adjacent to an activating group) is 1. The van der Waals surface area contributed by atoms with Crippen LogP contribution in [0.25, 0.3) is 34.2 Å². The number of aryl methyl sites for hydroxylation is 1. The minimum Gasteiger partial charge on any atom is -0.473 e. The fraction of sp³-hybridized carbons (Fsp3) is 0.400. The summed E-state index contributed by atoms with van der Waals surface area (Å²) < 4.78 is 10.1. The normalized spacial score (nSPS) is 17.5. The second kappa shape index (κ2) is 9.55. The molecule has 1 aliphatic rings. The molecule has 1 atom stereocenters. The van der Waals surface area contributed by atoms with Gasteiger partial charge >= 0.3 is 0 Å². The number of nitrogens with one attached hydrogen (secondary N) is 2. The summed E-state index contributed by atoms with van der Waals surface area (Å²) >= 11 is 0. The molecule has 0 saturated carbocycles. The van der Waals surface area contributed by atoms with Crippen LogP contribution in [-0.4, -0.2) is 72.6 Å². The maximum atomic E-state index is 9.67. The largest absolute Gasteiger partial charge is 0.473 e. The van der Waals surface area contributed by atoms with Gasteiger partial charge in [-0.05, 0) is 50.7 Å². The predicted molar refractivity (Wildman–Crippen MR) is 137 cm³/mol. The van der Waals surface area contributed by atoms with Crippen molar-refractivity contribution in [1.82, 2.24) is 34.7 Å². The minimum atomic E-state index is -0.0751. The van der Waals surface area contributed by atoms with Gasteiger partial charge in [0.2, 0.25) is 5.88 Å². The van der Waals surface area contributed by atoms with Crippen LogP contribution in [0.5, 0.6) is 5.88 Å². The second-order valence-corrected chi connectivity index (χ2v) is 9.00. The Kier molecular flexibility index (Phi) is 6.31. The zero-order chi connectivity index (χ0) is 24.5. The maximum Gasteiger partial charge on any atom is 0.219 e. The lowest BCUT2D eigenvalue weighted by molar-refractivity contribution is 0.146. The van der Waals surface area contributed by atoms with Gasteiger partial charge in [-0.1, -0.05) is 6.07 Å². The molecule has 2 bridgehead atoms. The third-order valence-corrected chi connectivity index (χ3v) is 6.25. The van der Waals surface area contributed by atoms with E-state index in [9.17, 15) is 5.11 Å². The van der Waals surface area contributed by atoms with Crippen LogP contribution in [0, 0.1) is 0 Å². The minimum absolute atomic E-state index is 0.0177. The number of hydrogen-bond acceptors (Lipinski definition) is 7. The van der Waals surface area contributed by atoms with Gasteiger partial charge in [0.1, 0.15) is 6.10 Å². The molecular formula is C25H32N8O2. The molecule has 3 aromatic heterocycles. The number of hydrogen-bond donors (Lipinski definition) is 3. The summed E-state index contributed by atoms with van der Waals surface area (Å²) in [7, 11) is 3.97. The monoisotopic (exact) mass is 476 g/mol. The smallest absolute Gasteiger partial charge is 0.219 e. The lowest BCUT2D eigenvalue weighted by Gasteiger charge is -2.23. The van der Waals surface area contributed by atoms with Crippen molar-refractivity contribution in [3.8, 4) is 17.0 Å². The molecule has 0 saturated heterocycles. The van der Waals surface area contributed by atoms with Crippen LogP contribution in [0.2, 0.25) is 0 Å². The number of aliphatic hydroxyl groups is 1. The van der Waals surface area contributed by atoms with Crippen LogP contribution in [0.15, 0.2) is 24.4 Å². The van der Waals surface area contributed by atoms with Gasteiger partial charge in [0.25, 0.3) is 0 Å². The summed E-state index contributed by atoms with van der Waals surface area (Å²) in [5.74, 6) is 1.54. The molecule has 0 aliphatic carbocycles. The van der Waals surface area contributed by atoms with E-state index in [2.05, 4.69) is 64.6 Å². The third kappa shape index (κ3) is 4.42. The number of nitrogens with zero attached hydrogens (tertiary/aromatic N) is 6. The Morgan fingerprint density at radius 2 is 2.11 bits per heavy atom. The summed E-state index contributed by atoms with van der Waals surface area (Å²) in [6, 6.07) is 6.19.